The molecule has 1 heterocycles. The summed E-state index contributed by atoms with van der Waals surface area (Å²) in [6.45, 7) is 14.6. The first-order valence-corrected chi connectivity index (χ1v) is 11.3. The molecule has 0 aromatic heterocycles. The van der Waals surface area contributed by atoms with Crippen LogP contribution in [0.1, 0.15) is 50.2 Å². The molecule has 2 aromatic carbocycles. The fourth-order valence-corrected chi connectivity index (χ4v) is 4.53. The Kier molecular flexibility index (Phi) is 7.98. The van der Waals surface area contributed by atoms with E-state index in [4.69, 9.17) is 6.57 Å². The molecule has 1 aliphatic rings. The number of carbonyl (C=O) groups is 1. The second-order valence-corrected chi connectivity index (χ2v) is 8.89. The molecule has 170 valence electrons. The van der Waals surface area contributed by atoms with Crippen LogP contribution < -0.4 is 5.32 Å². The van der Waals surface area contributed by atoms with Crippen LogP contribution in [0.15, 0.2) is 48.5 Å². The number of nitrogens with one attached hydrogen (secondary N) is 1. The molecule has 1 saturated heterocycles. The molecule has 1 fully saturated rings. The lowest BCUT2D eigenvalue weighted by Crippen LogP contribution is -2.42. The fourth-order valence-electron chi connectivity index (χ4n) is 4.53. The minimum atomic E-state index is -0.933. The first-order chi connectivity index (χ1) is 15.4. The van der Waals surface area contributed by atoms with Crippen LogP contribution in [-0.2, 0) is 10.3 Å². The van der Waals surface area contributed by atoms with E-state index in [0.29, 0.717) is 12.1 Å². The molecule has 0 radical (unpaired) electrons. The molecular weight excluding hydrogens is 408 g/mol. The van der Waals surface area contributed by atoms with Crippen molar-refractivity contribution in [2.45, 2.75) is 44.6 Å². The predicted molar refractivity (Wildman–Crippen MR) is 122 cm³/mol. The average Bonchev–Trinajstić information content (AvgIpc) is 2.80. The molecule has 0 aliphatic carbocycles. The third-order valence-electron chi connectivity index (χ3n) is 6.41. The average molecular weight is 440 g/mol. The van der Waals surface area contributed by atoms with Crippen molar-refractivity contribution in [3.05, 3.63) is 82.7 Å². The minimum Gasteiger partial charge on any atom is -0.356 e. The molecule has 0 saturated carbocycles. The number of nitrogens with zero attached hydrogens (tertiary/aromatic N) is 2. The number of hydrogen-bond donors (Lipinski definition) is 1. The van der Waals surface area contributed by atoms with Crippen molar-refractivity contribution >= 4 is 5.91 Å². The Hall–Kier alpha value is -2.78. The highest BCUT2D eigenvalue weighted by Gasteiger charge is 2.41. The third kappa shape index (κ3) is 5.52. The predicted octanol–water partition coefficient (Wildman–Crippen LogP) is 5.12. The molecule has 1 atom stereocenters. The van der Waals surface area contributed by atoms with Crippen LogP contribution in [-0.4, -0.2) is 37.0 Å². The largest absolute Gasteiger partial charge is 0.356 e. The van der Waals surface area contributed by atoms with E-state index in [1.54, 1.807) is 0 Å². The lowest BCUT2D eigenvalue weighted by molar-refractivity contribution is -0.123. The van der Waals surface area contributed by atoms with E-state index in [1.165, 1.54) is 6.07 Å². The zero-order valence-electron chi connectivity index (χ0n) is 18.8. The standard InChI is InChI=1S/C26H31F2N3O/c1-19(2)24(20-10-11-22(27)23(28)18-20)25(32)30-14-7-15-31-16-12-26(29-3,13-17-31)21-8-5-4-6-9-21/h4-6,8-11,18-19,24H,7,12-17H2,1-2H3,(H,30,32). The highest BCUT2D eigenvalue weighted by atomic mass is 19.2. The van der Waals surface area contributed by atoms with Gasteiger partial charge < -0.3 is 15.1 Å². The number of amides is 1. The Morgan fingerprint density at radius 3 is 2.41 bits per heavy atom. The van der Waals surface area contributed by atoms with E-state index >= 15 is 0 Å². The fraction of sp³-hybridized carbons (Fsp3) is 0.462. The minimum absolute atomic E-state index is 0.0401. The van der Waals surface area contributed by atoms with E-state index in [0.717, 1.165) is 56.6 Å². The van der Waals surface area contributed by atoms with E-state index in [-0.39, 0.29) is 11.8 Å². The first kappa shape index (κ1) is 23.9. The number of likely N-dealkylation sites (tertiary alicyclic amines) is 1. The van der Waals surface area contributed by atoms with Crippen molar-refractivity contribution in [1.29, 1.82) is 0 Å². The van der Waals surface area contributed by atoms with Crippen molar-refractivity contribution in [2.75, 3.05) is 26.2 Å². The molecule has 0 spiro atoms. The summed E-state index contributed by atoms with van der Waals surface area (Å²) in [5, 5.41) is 2.96. The Morgan fingerprint density at radius 2 is 1.81 bits per heavy atom. The van der Waals surface area contributed by atoms with Gasteiger partial charge in [0.25, 0.3) is 5.54 Å². The monoisotopic (exact) mass is 439 g/mol. The summed E-state index contributed by atoms with van der Waals surface area (Å²) in [7, 11) is 0. The van der Waals surface area contributed by atoms with E-state index < -0.39 is 23.1 Å². The summed E-state index contributed by atoms with van der Waals surface area (Å²) < 4.78 is 26.9. The van der Waals surface area contributed by atoms with Crippen LogP contribution in [0.25, 0.3) is 4.85 Å². The Bertz CT molecular complexity index is 947. The second kappa shape index (κ2) is 10.7. The molecule has 1 amide bonds. The molecule has 4 nitrogen and oxygen atoms in total. The van der Waals surface area contributed by atoms with Crippen LogP contribution in [0.3, 0.4) is 0 Å². The first-order valence-electron chi connectivity index (χ1n) is 11.3. The highest BCUT2D eigenvalue weighted by molar-refractivity contribution is 5.83. The van der Waals surface area contributed by atoms with Crippen LogP contribution in [0.5, 0.6) is 0 Å². The van der Waals surface area contributed by atoms with Gasteiger partial charge in [0, 0.05) is 38.0 Å². The normalized spacial score (nSPS) is 17.0. The Labute approximate surface area is 189 Å². The van der Waals surface area contributed by atoms with Crippen molar-refractivity contribution < 1.29 is 13.6 Å². The maximum absolute atomic E-state index is 13.6. The van der Waals surface area contributed by atoms with E-state index in [1.807, 2.05) is 44.2 Å². The topological polar surface area (TPSA) is 36.7 Å². The van der Waals surface area contributed by atoms with Crippen molar-refractivity contribution in [2.24, 2.45) is 5.92 Å². The van der Waals surface area contributed by atoms with Gasteiger partial charge in [-0.1, -0.05) is 50.2 Å². The lowest BCUT2D eigenvalue weighted by Gasteiger charge is -2.34. The molecule has 3 rings (SSSR count). The summed E-state index contributed by atoms with van der Waals surface area (Å²) in [6.07, 6.45) is 2.40. The summed E-state index contributed by atoms with van der Waals surface area (Å²) in [6, 6.07) is 13.7. The molecule has 0 bridgehead atoms. The molecule has 1 aliphatic heterocycles. The van der Waals surface area contributed by atoms with Crippen molar-refractivity contribution in [3.8, 4) is 0 Å². The van der Waals surface area contributed by atoms with E-state index in [2.05, 4.69) is 15.1 Å². The van der Waals surface area contributed by atoms with Crippen LogP contribution in [0, 0.1) is 24.1 Å². The molecule has 32 heavy (non-hydrogen) atoms. The van der Waals surface area contributed by atoms with Gasteiger partial charge in [-0.25, -0.2) is 15.4 Å². The number of carbonyl (C=O) groups excluding carboxylic acids is 1. The van der Waals surface area contributed by atoms with Gasteiger partial charge in [-0.2, -0.15) is 0 Å². The lowest BCUT2D eigenvalue weighted by atomic mass is 9.81. The van der Waals surface area contributed by atoms with Gasteiger partial charge in [0.15, 0.2) is 11.6 Å². The number of piperidine rings is 1. The number of halogens is 2. The van der Waals surface area contributed by atoms with Gasteiger partial charge in [0.1, 0.15) is 0 Å². The van der Waals surface area contributed by atoms with Crippen LogP contribution in [0.2, 0.25) is 0 Å². The quantitative estimate of drug-likeness (QED) is 0.458. The smallest absolute Gasteiger partial charge is 0.260 e. The van der Waals surface area contributed by atoms with Crippen LogP contribution in [0.4, 0.5) is 8.78 Å². The van der Waals surface area contributed by atoms with Crippen LogP contribution >= 0.6 is 0 Å². The zero-order valence-corrected chi connectivity index (χ0v) is 18.8. The maximum Gasteiger partial charge on any atom is 0.260 e. The Morgan fingerprint density at radius 1 is 1.12 bits per heavy atom. The van der Waals surface area contributed by atoms with Gasteiger partial charge in [-0.15, -0.1) is 0 Å². The second-order valence-electron chi connectivity index (χ2n) is 8.89. The van der Waals surface area contributed by atoms with Gasteiger partial charge in [-0.3, -0.25) is 4.79 Å². The molecule has 6 heteroatoms. The van der Waals surface area contributed by atoms with Gasteiger partial charge in [0.2, 0.25) is 5.91 Å². The van der Waals surface area contributed by atoms with Gasteiger partial charge in [0.05, 0.1) is 5.92 Å². The molecule has 1 N–H and O–H groups in total. The molecular formula is C26H31F2N3O. The summed E-state index contributed by atoms with van der Waals surface area (Å²) in [5.41, 5.74) is 1.16. The molecule has 1 unspecified atom stereocenters. The van der Waals surface area contributed by atoms with Gasteiger partial charge >= 0.3 is 0 Å². The summed E-state index contributed by atoms with van der Waals surface area (Å²) in [5.74, 6) is -2.57. The zero-order chi connectivity index (χ0) is 23.1. The maximum atomic E-state index is 13.6. The number of hydrogen-bond acceptors (Lipinski definition) is 2. The SMILES string of the molecule is [C-]#[N+]C1(c2ccccc2)CCN(CCCNC(=O)C(c2ccc(F)c(F)c2)C(C)C)CC1. The highest BCUT2D eigenvalue weighted by Crippen LogP contribution is 2.36. The van der Waals surface area contributed by atoms with Gasteiger partial charge in [-0.05, 0) is 36.6 Å². The summed E-state index contributed by atoms with van der Waals surface area (Å²) >= 11 is 0. The third-order valence-corrected chi connectivity index (χ3v) is 6.41. The molecule has 2 aromatic rings. The number of rotatable bonds is 8. The Balaban J connectivity index is 1.47. The van der Waals surface area contributed by atoms with Crippen molar-refractivity contribution in [1.82, 2.24) is 10.2 Å². The number of benzene rings is 2. The van der Waals surface area contributed by atoms with Crippen molar-refractivity contribution in [3.63, 3.8) is 0 Å². The summed E-state index contributed by atoms with van der Waals surface area (Å²) in [4.78, 5) is 19.1. The van der Waals surface area contributed by atoms with E-state index in [9.17, 15) is 13.6 Å².